The number of piperidine rings is 1. The van der Waals surface area contributed by atoms with E-state index in [9.17, 15) is 14.4 Å². The number of para-hydroxylation sites is 1. The van der Waals surface area contributed by atoms with Gasteiger partial charge in [0.15, 0.2) is 0 Å². The highest BCUT2D eigenvalue weighted by atomic mass is 16.2. The second-order valence-electron chi connectivity index (χ2n) is 9.93. The van der Waals surface area contributed by atoms with Crippen LogP contribution in [0.25, 0.3) is 6.08 Å². The molecule has 8 heteroatoms. The Hall–Kier alpha value is -4.46. The van der Waals surface area contributed by atoms with Crippen LogP contribution in [0.3, 0.4) is 0 Å². The van der Waals surface area contributed by atoms with Crippen molar-refractivity contribution in [2.45, 2.75) is 24.8 Å². The monoisotopic (exact) mass is 523 g/mol. The van der Waals surface area contributed by atoms with Crippen LogP contribution in [-0.2, 0) is 20.8 Å². The molecule has 2 aliphatic rings. The van der Waals surface area contributed by atoms with Crippen LogP contribution in [0.1, 0.15) is 24.1 Å². The molecule has 1 N–H and O–H groups in total. The minimum Gasteiger partial charge on any atom is -0.354 e. The Morgan fingerprint density at radius 1 is 0.923 bits per heavy atom. The van der Waals surface area contributed by atoms with E-state index in [1.807, 2.05) is 84.9 Å². The number of benzene rings is 2. The van der Waals surface area contributed by atoms with Gasteiger partial charge in [-0.05, 0) is 48.7 Å². The van der Waals surface area contributed by atoms with Gasteiger partial charge in [0.1, 0.15) is 12.1 Å². The highest BCUT2D eigenvalue weighted by molar-refractivity contribution is 5.97. The Balaban J connectivity index is 1.24. The molecule has 5 rings (SSSR count). The molecular formula is C31H33N5O3. The zero-order valence-corrected chi connectivity index (χ0v) is 21.9. The van der Waals surface area contributed by atoms with Gasteiger partial charge in [0.25, 0.3) is 5.91 Å². The zero-order valence-electron chi connectivity index (χ0n) is 21.9. The van der Waals surface area contributed by atoms with Gasteiger partial charge in [-0.2, -0.15) is 0 Å². The number of rotatable bonds is 8. The number of aromatic nitrogens is 1. The highest BCUT2D eigenvalue weighted by Gasteiger charge is 2.54. The van der Waals surface area contributed by atoms with E-state index in [-0.39, 0.29) is 24.3 Å². The first kappa shape index (κ1) is 26.2. The number of pyridine rings is 1. The average Bonchev–Trinajstić information content (AvgIpc) is 3.24. The number of carbonyl (C=O) groups excluding carboxylic acids is 3. The molecule has 0 aliphatic carbocycles. The fourth-order valence-corrected chi connectivity index (χ4v) is 5.36. The minimum absolute atomic E-state index is 0.00536. The average molecular weight is 524 g/mol. The second-order valence-corrected chi connectivity index (χ2v) is 9.93. The molecule has 0 saturated carbocycles. The molecule has 39 heavy (non-hydrogen) atoms. The molecule has 0 atom stereocenters. The van der Waals surface area contributed by atoms with Crippen LogP contribution in [-0.4, -0.2) is 70.9 Å². The Morgan fingerprint density at radius 2 is 1.62 bits per heavy atom. The fraction of sp³-hybridized carbons (Fsp3) is 0.290. The summed E-state index contributed by atoms with van der Waals surface area (Å²) in [7, 11) is 0. The lowest BCUT2D eigenvalue weighted by atomic mass is 9.85. The van der Waals surface area contributed by atoms with E-state index in [1.165, 1.54) is 0 Å². The molecule has 3 aromatic rings. The summed E-state index contributed by atoms with van der Waals surface area (Å²) < 4.78 is 0. The van der Waals surface area contributed by atoms with Gasteiger partial charge in [0.05, 0.1) is 6.67 Å². The molecule has 200 valence electrons. The zero-order chi connectivity index (χ0) is 27.1. The van der Waals surface area contributed by atoms with Crippen LogP contribution >= 0.6 is 0 Å². The van der Waals surface area contributed by atoms with E-state index < -0.39 is 5.54 Å². The van der Waals surface area contributed by atoms with Crippen molar-refractivity contribution in [3.63, 3.8) is 0 Å². The Labute approximate surface area is 228 Å². The first-order valence-corrected chi connectivity index (χ1v) is 13.4. The van der Waals surface area contributed by atoms with Crippen molar-refractivity contribution in [2.24, 2.45) is 0 Å². The van der Waals surface area contributed by atoms with E-state index in [1.54, 1.807) is 22.1 Å². The van der Waals surface area contributed by atoms with Crippen LogP contribution in [0.5, 0.6) is 0 Å². The van der Waals surface area contributed by atoms with Crippen molar-refractivity contribution in [3.05, 3.63) is 102 Å². The van der Waals surface area contributed by atoms with Crippen LogP contribution in [0, 0.1) is 0 Å². The smallest absolute Gasteiger partial charge is 0.250 e. The molecule has 3 amide bonds. The first-order valence-electron chi connectivity index (χ1n) is 13.4. The van der Waals surface area contributed by atoms with E-state index in [0.29, 0.717) is 45.6 Å². The summed E-state index contributed by atoms with van der Waals surface area (Å²) in [6.45, 7) is 1.72. The molecule has 1 spiro atoms. The number of amides is 3. The normalized spacial score (nSPS) is 16.7. The molecule has 2 aromatic carbocycles. The lowest BCUT2D eigenvalue weighted by Crippen LogP contribution is -2.57. The van der Waals surface area contributed by atoms with Crippen molar-refractivity contribution >= 4 is 29.5 Å². The second kappa shape index (κ2) is 11.9. The molecule has 3 heterocycles. The largest absolute Gasteiger partial charge is 0.354 e. The molecule has 2 aliphatic heterocycles. The number of carbonyl (C=O) groups is 3. The van der Waals surface area contributed by atoms with Gasteiger partial charge in [0.2, 0.25) is 11.8 Å². The standard InChI is InChI=1S/C31H33N5O3/c37-28(33-20-16-26-11-7-8-19-32-26)23-35-24-36(27-12-5-2-6-13-27)31(30(35)39)17-21-34(22-18-31)29(38)15-14-25-9-3-1-4-10-25/h1-15,19H,16-18,20-24H2,(H,33,37). The third-order valence-corrected chi connectivity index (χ3v) is 7.47. The van der Waals surface area contributed by atoms with Crippen LogP contribution in [0.15, 0.2) is 91.1 Å². The topological polar surface area (TPSA) is 85.9 Å². The Morgan fingerprint density at radius 3 is 2.31 bits per heavy atom. The van der Waals surface area contributed by atoms with Crippen LogP contribution in [0.4, 0.5) is 5.69 Å². The SMILES string of the molecule is O=C(CN1CN(c2ccccc2)C2(CCN(C(=O)C=Cc3ccccc3)CC2)C1=O)NCCc1ccccn1. The molecule has 0 bridgehead atoms. The van der Waals surface area contributed by atoms with Crippen molar-refractivity contribution in [2.75, 3.05) is 37.7 Å². The first-order chi connectivity index (χ1) is 19.0. The van der Waals surface area contributed by atoms with Gasteiger partial charge >= 0.3 is 0 Å². The van der Waals surface area contributed by atoms with Gasteiger partial charge in [0, 0.05) is 49.7 Å². The van der Waals surface area contributed by atoms with Crippen molar-refractivity contribution < 1.29 is 14.4 Å². The van der Waals surface area contributed by atoms with Crippen molar-refractivity contribution in [1.82, 2.24) is 20.1 Å². The third-order valence-electron chi connectivity index (χ3n) is 7.47. The van der Waals surface area contributed by atoms with Gasteiger partial charge in [-0.3, -0.25) is 19.4 Å². The van der Waals surface area contributed by atoms with Crippen LogP contribution in [0.2, 0.25) is 0 Å². The quantitative estimate of drug-likeness (QED) is 0.459. The summed E-state index contributed by atoms with van der Waals surface area (Å²) in [5.74, 6) is -0.310. The van der Waals surface area contributed by atoms with Gasteiger partial charge in [-0.1, -0.05) is 54.6 Å². The lowest BCUT2D eigenvalue weighted by molar-refractivity contribution is -0.138. The minimum atomic E-state index is -0.782. The van der Waals surface area contributed by atoms with E-state index in [4.69, 9.17) is 0 Å². The number of hydrogen-bond acceptors (Lipinski definition) is 5. The molecular weight excluding hydrogens is 490 g/mol. The summed E-state index contributed by atoms with van der Waals surface area (Å²) in [5.41, 5.74) is 2.03. The maximum absolute atomic E-state index is 13.9. The fourth-order valence-electron chi connectivity index (χ4n) is 5.36. The molecule has 8 nitrogen and oxygen atoms in total. The third kappa shape index (κ3) is 6.00. The van der Waals surface area contributed by atoms with Crippen molar-refractivity contribution in [3.8, 4) is 0 Å². The number of nitrogens with one attached hydrogen (secondary N) is 1. The number of hydrogen-bond donors (Lipinski definition) is 1. The van der Waals surface area contributed by atoms with E-state index in [2.05, 4.69) is 15.2 Å². The van der Waals surface area contributed by atoms with Crippen molar-refractivity contribution in [1.29, 1.82) is 0 Å². The van der Waals surface area contributed by atoms with E-state index in [0.717, 1.165) is 16.9 Å². The summed E-state index contributed by atoms with van der Waals surface area (Å²) in [6.07, 6.45) is 6.78. The predicted octanol–water partition coefficient (Wildman–Crippen LogP) is 3.12. The Kier molecular flexibility index (Phi) is 8.01. The number of likely N-dealkylation sites (tertiary alicyclic amines) is 1. The van der Waals surface area contributed by atoms with Crippen LogP contribution < -0.4 is 10.2 Å². The maximum Gasteiger partial charge on any atom is 0.250 e. The highest BCUT2D eigenvalue weighted by Crippen LogP contribution is 2.39. The van der Waals surface area contributed by atoms with Gasteiger partial charge in [-0.25, -0.2) is 0 Å². The summed E-state index contributed by atoms with van der Waals surface area (Å²) in [6, 6.07) is 25.2. The summed E-state index contributed by atoms with van der Waals surface area (Å²) >= 11 is 0. The Bertz CT molecular complexity index is 1310. The molecule has 1 aromatic heterocycles. The summed E-state index contributed by atoms with van der Waals surface area (Å²) in [4.78, 5) is 49.4. The molecule has 2 saturated heterocycles. The maximum atomic E-state index is 13.9. The van der Waals surface area contributed by atoms with E-state index >= 15 is 0 Å². The van der Waals surface area contributed by atoms with Gasteiger partial charge < -0.3 is 20.0 Å². The van der Waals surface area contributed by atoms with Gasteiger partial charge in [-0.15, -0.1) is 0 Å². The molecule has 0 radical (unpaired) electrons. The molecule has 2 fully saturated rings. The summed E-state index contributed by atoms with van der Waals surface area (Å²) in [5, 5.41) is 2.92. The molecule has 0 unspecified atom stereocenters. The number of nitrogens with zero attached hydrogens (tertiary/aromatic N) is 4. The lowest BCUT2D eigenvalue weighted by Gasteiger charge is -2.43. The number of anilines is 1. The predicted molar refractivity (Wildman–Crippen MR) is 150 cm³/mol.